The van der Waals surface area contributed by atoms with E-state index in [4.69, 9.17) is 0 Å². The minimum absolute atomic E-state index is 0.977. The summed E-state index contributed by atoms with van der Waals surface area (Å²) >= 11 is 1.76. The van der Waals surface area contributed by atoms with Crippen LogP contribution in [0.5, 0.6) is 0 Å². The summed E-state index contributed by atoms with van der Waals surface area (Å²) in [6, 6.07) is 10.5. The molecule has 0 radical (unpaired) electrons. The van der Waals surface area contributed by atoms with Gasteiger partial charge in [-0.2, -0.15) is 4.57 Å². The third-order valence-corrected chi connectivity index (χ3v) is 2.99. The monoisotopic (exact) mass is 202 g/mol. The molecule has 0 aliphatic carbocycles. The highest BCUT2D eigenvalue weighted by atomic mass is 32.1. The van der Waals surface area contributed by atoms with Gasteiger partial charge in [0, 0.05) is 0 Å². The molecule has 1 aromatic carbocycles. The SMILES string of the molecule is C=C[n+]1ccsc1Cc1ccccc1. The van der Waals surface area contributed by atoms with Gasteiger partial charge < -0.3 is 0 Å². The number of thiazole rings is 1. The zero-order valence-corrected chi connectivity index (χ0v) is 8.70. The van der Waals surface area contributed by atoms with E-state index in [2.05, 4.69) is 40.8 Å². The van der Waals surface area contributed by atoms with Crippen LogP contribution in [0.15, 0.2) is 48.5 Å². The molecule has 0 aliphatic heterocycles. The molecule has 0 amide bonds. The van der Waals surface area contributed by atoms with Crippen molar-refractivity contribution in [2.45, 2.75) is 6.42 Å². The van der Waals surface area contributed by atoms with Crippen LogP contribution in [-0.2, 0) is 6.42 Å². The fourth-order valence-electron chi connectivity index (χ4n) is 1.38. The molecule has 1 heterocycles. The summed E-state index contributed by atoms with van der Waals surface area (Å²) in [5.74, 6) is 0. The molecule has 1 nitrogen and oxygen atoms in total. The van der Waals surface area contributed by atoms with Crippen LogP contribution in [0.25, 0.3) is 6.20 Å². The molecular formula is C12H12NS+. The van der Waals surface area contributed by atoms with Crippen molar-refractivity contribution in [3.05, 3.63) is 59.1 Å². The van der Waals surface area contributed by atoms with Crippen molar-refractivity contribution in [3.8, 4) is 0 Å². The fraction of sp³-hybridized carbons (Fsp3) is 0.0833. The number of hydrogen-bond donors (Lipinski definition) is 0. The van der Waals surface area contributed by atoms with E-state index in [0.29, 0.717) is 0 Å². The molecule has 0 saturated carbocycles. The standard InChI is InChI=1S/C12H12NS/c1-2-13-8-9-14-12(13)10-11-6-4-3-5-7-11/h2-9H,1,10H2/q+1. The third-order valence-electron chi connectivity index (χ3n) is 2.11. The van der Waals surface area contributed by atoms with Crippen molar-refractivity contribution < 1.29 is 4.57 Å². The van der Waals surface area contributed by atoms with Crippen LogP contribution < -0.4 is 4.57 Å². The highest BCUT2D eigenvalue weighted by Crippen LogP contribution is 2.10. The van der Waals surface area contributed by atoms with Gasteiger partial charge in [0.25, 0.3) is 0 Å². The second-order valence-electron chi connectivity index (χ2n) is 3.05. The lowest BCUT2D eigenvalue weighted by atomic mass is 10.2. The molecule has 2 heteroatoms. The van der Waals surface area contributed by atoms with Gasteiger partial charge >= 0.3 is 0 Å². The zero-order chi connectivity index (χ0) is 9.80. The summed E-state index contributed by atoms with van der Waals surface area (Å²) in [4.78, 5) is 0. The lowest BCUT2D eigenvalue weighted by molar-refractivity contribution is -0.570. The van der Waals surface area contributed by atoms with Gasteiger partial charge in [0.15, 0.2) is 12.4 Å². The summed E-state index contributed by atoms with van der Waals surface area (Å²) in [7, 11) is 0. The average molecular weight is 202 g/mol. The van der Waals surface area contributed by atoms with Crippen molar-refractivity contribution in [1.82, 2.24) is 0 Å². The first-order valence-electron chi connectivity index (χ1n) is 4.54. The van der Waals surface area contributed by atoms with E-state index in [1.165, 1.54) is 10.6 Å². The van der Waals surface area contributed by atoms with Crippen LogP contribution in [0.2, 0.25) is 0 Å². The Morgan fingerprint density at radius 2 is 2.07 bits per heavy atom. The quantitative estimate of drug-likeness (QED) is 0.674. The van der Waals surface area contributed by atoms with Gasteiger partial charge in [-0.3, -0.25) is 0 Å². The smallest absolute Gasteiger partial charge is 0.161 e. The van der Waals surface area contributed by atoms with E-state index in [-0.39, 0.29) is 0 Å². The largest absolute Gasteiger partial charge is 0.246 e. The van der Waals surface area contributed by atoms with Crippen LogP contribution in [0.1, 0.15) is 10.6 Å². The fourth-order valence-corrected chi connectivity index (χ4v) is 2.24. The first-order chi connectivity index (χ1) is 6.90. The molecule has 2 aromatic rings. The third kappa shape index (κ3) is 1.91. The van der Waals surface area contributed by atoms with Crippen LogP contribution in [0, 0.1) is 0 Å². The molecule has 0 atom stereocenters. The maximum Gasteiger partial charge on any atom is 0.246 e. The van der Waals surface area contributed by atoms with E-state index in [1.54, 1.807) is 11.3 Å². The van der Waals surface area contributed by atoms with Crippen molar-refractivity contribution in [2.75, 3.05) is 0 Å². The predicted molar refractivity (Wildman–Crippen MR) is 60.1 cm³/mol. The Morgan fingerprint density at radius 1 is 1.29 bits per heavy atom. The highest BCUT2D eigenvalue weighted by Gasteiger charge is 2.09. The van der Waals surface area contributed by atoms with Crippen molar-refractivity contribution in [1.29, 1.82) is 0 Å². The summed E-state index contributed by atoms with van der Waals surface area (Å²) in [6.07, 6.45) is 4.86. The topological polar surface area (TPSA) is 3.88 Å². The van der Waals surface area contributed by atoms with E-state index < -0.39 is 0 Å². The highest BCUT2D eigenvalue weighted by molar-refractivity contribution is 7.09. The Hall–Kier alpha value is -1.41. The Labute approximate surface area is 88.0 Å². The number of hydrogen-bond acceptors (Lipinski definition) is 1. The second kappa shape index (κ2) is 4.20. The van der Waals surface area contributed by atoms with Gasteiger partial charge in [-0.1, -0.05) is 41.7 Å². The normalized spacial score (nSPS) is 10.0. The van der Waals surface area contributed by atoms with Crippen LogP contribution in [0.3, 0.4) is 0 Å². The lowest BCUT2D eigenvalue weighted by Crippen LogP contribution is -2.26. The first-order valence-corrected chi connectivity index (χ1v) is 5.42. The van der Waals surface area contributed by atoms with E-state index >= 15 is 0 Å². The Kier molecular flexibility index (Phi) is 2.75. The van der Waals surface area contributed by atoms with Crippen LogP contribution in [-0.4, -0.2) is 0 Å². The minimum atomic E-state index is 0.977. The van der Waals surface area contributed by atoms with Crippen LogP contribution in [0.4, 0.5) is 0 Å². The minimum Gasteiger partial charge on any atom is -0.161 e. The Morgan fingerprint density at radius 3 is 2.79 bits per heavy atom. The number of benzene rings is 1. The number of nitrogens with zero attached hydrogens (tertiary/aromatic N) is 1. The summed E-state index contributed by atoms with van der Waals surface area (Å²) in [6.45, 7) is 3.78. The summed E-state index contributed by atoms with van der Waals surface area (Å²) in [5, 5.41) is 3.39. The van der Waals surface area contributed by atoms with Gasteiger partial charge in [-0.05, 0) is 12.1 Å². The average Bonchev–Trinajstić information content (AvgIpc) is 2.67. The maximum absolute atomic E-state index is 3.78. The lowest BCUT2D eigenvalue weighted by Gasteiger charge is -1.94. The Bertz CT molecular complexity index is 417. The van der Waals surface area contributed by atoms with Gasteiger partial charge in [-0.15, -0.1) is 0 Å². The Balaban J connectivity index is 2.23. The van der Waals surface area contributed by atoms with Crippen molar-refractivity contribution >= 4 is 17.5 Å². The molecule has 0 spiro atoms. The van der Waals surface area contributed by atoms with E-state index in [9.17, 15) is 0 Å². The van der Waals surface area contributed by atoms with Gasteiger partial charge in [0.2, 0.25) is 5.01 Å². The summed E-state index contributed by atoms with van der Waals surface area (Å²) < 4.78 is 2.07. The second-order valence-corrected chi connectivity index (χ2v) is 4.03. The predicted octanol–water partition coefficient (Wildman–Crippen LogP) is 2.73. The zero-order valence-electron chi connectivity index (χ0n) is 7.89. The van der Waals surface area contributed by atoms with E-state index in [1.807, 2.05) is 18.5 Å². The molecule has 0 fully saturated rings. The number of aromatic nitrogens is 1. The number of rotatable bonds is 3. The van der Waals surface area contributed by atoms with Crippen molar-refractivity contribution in [2.24, 2.45) is 0 Å². The molecule has 0 saturated heterocycles. The van der Waals surface area contributed by atoms with Gasteiger partial charge in [0.05, 0.1) is 11.8 Å². The molecule has 70 valence electrons. The van der Waals surface area contributed by atoms with Gasteiger partial charge in [0.1, 0.15) is 0 Å². The van der Waals surface area contributed by atoms with E-state index in [0.717, 1.165) is 6.42 Å². The maximum atomic E-state index is 3.78. The molecule has 0 aliphatic rings. The molecule has 0 N–H and O–H groups in total. The summed E-state index contributed by atoms with van der Waals surface area (Å²) in [5.41, 5.74) is 1.34. The molecule has 14 heavy (non-hydrogen) atoms. The van der Waals surface area contributed by atoms with Gasteiger partial charge in [-0.25, -0.2) is 0 Å². The van der Waals surface area contributed by atoms with Crippen molar-refractivity contribution in [3.63, 3.8) is 0 Å². The molecule has 0 bridgehead atoms. The molecule has 0 unspecified atom stereocenters. The molecule has 2 rings (SSSR count). The molecular weight excluding hydrogens is 190 g/mol. The van der Waals surface area contributed by atoms with Crippen LogP contribution >= 0.6 is 11.3 Å². The first kappa shape index (κ1) is 9.16. The molecule has 1 aromatic heterocycles.